The molecule has 5 rings (SSSR count). The van der Waals surface area contributed by atoms with Gasteiger partial charge in [-0.25, -0.2) is 4.79 Å². The highest BCUT2D eigenvalue weighted by atomic mass is 35.5. The molecule has 0 saturated heterocycles. The number of nitrogens with one attached hydrogen (secondary N) is 3. The number of phenolic OH excluding ortho intramolecular Hbond substituents is 2. The Balaban J connectivity index is 1.50. The number of carboxylic acid groups (broad SMARTS) is 1. The van der Waals surface area contributed by atoms with Crippen molar-refractivity contribution >= 4 is 41.2 Å². The zero-order chi connectivity index (χ0) is 39.1. The first-order chi connectivity index (χ1) is 25.8. The highest BCUT2D eigenvalue weighted by molar-refractivity contribution is 6.30. The highest BCUT2D eigenvalue weighted by Crippen LogP contribution is 2.39. The van der Waals surface area contributed by atoms with Gasteiger partial charge >= 0.3 is 5.97 Å². The summed E-state index contributed by atoms with van der Waals surface area (Å²) in [7, 11) is 1.34. The van der Waals surface area contributed by atoms with Crippen molar-refractivity contribution in [3.8, 4) is 33.8 Å². The van der Waals surface area contributed by atoms with E-state index in [1.54, 1.807) is 36.4 Å². The molecule has 0 aliphatic carbocycles. The van der Waals surface area contributed by atoms with Crippen molar-refractivity contribution in [1.82, 2.24) is 20.9 Å². The van der Waals surface area contributed by atoms with E-state index in [0.717, 1.165) is 16.0 Å². The van der Waals surface area contributed by atoms with E-state index < -0.39 is 53.9 Å². The van der Waals surface area contributed by atoms with Gasteiger partial charge in [-0.15, -0.1) is 0 Å². The fourth-order valence-corrected chi connectivity index (χ4v) is 6.36. The second kappa shape index (κ2) is 17.2. The number of aliphatic carboxylic acids is 1. The monoisotopic (exact) mass is 756 g/mol. The molecular weight excluding hydrogens is 716 g/mol. The molecule has 54 heavy (non-hydrogen) atoms. The number of unbranched alkanes of at least 4 members (excludes halogenated alkanes) is 1. The second-order valence-electron chi connectivity index (χ2n) is 13.0. The molecule has 15 heteroatoms. The molecule has 4 unspecified atom stereocenters. The number of likely N-dealkylation sites (N-methyl/N-ethyl adjacent to an activating group) is 1. The molecule has 1 heterocycles. The van der Waals surface area contributed by atoms with Crippen molar-refractivity contribution in [2.24, 2.45) is 11.5 Å². The summed E-state index contributed by atoms with van der Waals surface area (Å²) in [5.41, 5.74) is 14.5. The van der Waals surface area contributed by atoms with Gasteiger partial charge in [0, 0.05) is 35.2 Å². The lowest BCUT2D eigenvalue weighted by molar-refractivity contribution is -0.143. The molecule has 1 aliphatic heterocycles. The number of nitrogens with zero attached hydrogens (tertiary/aromatic N) is 1. The van der Waals surface area contributed by atoms with Gasteiger partial charge in [0.1, 0.15) is 29.6 Å². The first kappa shape index (κ1) is 39.3. The molecule has 4 atom stereocenters. The summed E-state index contributed by atoms with van der Waals surface area (Å²) in [5.74, 6) is -5.04. The summed E-state index contributed by atoms with van der Waals surface area (Å²) >= 11 is 6.01. The highest BCUT2D eigenvalue weighted by Gasteiger charge is 2.36. The maximum absolute atomic E-state index is 14.3. The molecular formula is C39H41ClN6O8. The number of benzene rings is 4. The second-order valence-corrected chi connectivity index (χ2v) is 13.4. The number of fused-ring (bicyclic) bond motifs is 5. The fourth-order valence-electron chi connectivity index (χ4n) is 6.23. The third kappa shape index (κ3) is 9.15. The maximum atomic E-state index is 14.3. The van der Waals surface area contributed by atoms with E-state index in [2.05, 4.69) is 16.0 Å². The van der Waals surface area contributed by atoms with Crippen LogP contribution in [0.1, 0.15) is 46.8 Å². The average Bonchev–Trinajstić information content (AvgIpc) is 3.15. The fraction of sp³-hybridized carbons (Fsp3) is 0.256. The molecule has 0 aromatic heterocycles. The SMILES string of the molecule is CN(C(=O)C(CCCCN)NC(=O)c1ccc(-c2ccc(Cl)cc2)cc1)C1C(=O)NC(N)C(=O)NC(C(=O)O)Cc2ccc(O)c(c2)-c2cc1ccc2O. The zero-order valence-electron chi connectivity index (χ0n) is 29.3. The van der Waals surface area contributed by atoms with Gasteiger partial charge in [0.25, 0.3) is 11.8 Å². The van der Waals surface area contributed by atoms with Crippen LogP contribution in [0.15, 0.2) is 84.9 Å². The number of nitrogens with two attached hydrogens (primary N) is 2. The Bertz CT molecular complexity index is 2040. The van der Waals surface area contributed by atoms with Crippen molar-refractivity contribution < 1.29 is 39.3 Å². The van der Waals surface area contributed by atoms with E-state index in [9.17, 15) is 39.3 Å². The van der Waals surface area contributed by atoms with Gasteiger partial charge in [0.15, 0.2) is 6.17 Å². The van der Waals surface area contributed by atoms with E-state index in [1.165, 1.54) is 43.4 Å². The van der Waals surface area contributed by atoms with Gasteiger partial charge in [-0.1, -0.05) is 48.0 Å². The van der Waals surface area contributed by atoms with Crippen LogP contribution in [-0.4, -0.2) is 81.7 Å². The van der Waals surface area contributed by atoms with Crippen molar-refractivity contribution in [1.29, 1.82) is 0 Å². The van der Waals surface area contributed by atoms with E-state index >= 15 is 0 Å². The maximum Gasteiger partial charge on any atom is 0.326 e. The van der Waals surface area contributed by atoms with Gasteiger partial charge in [-0.05, 0) is 96.6 Å². The van der Waals surface area contributed by atoms with E-state index in [0.29, 0.717) is 30.0 Å². The first-order valence-corrected chi connectivity index (χ1v) is 17.5. The number of aromatic hydroxyl groups is 2. The van der Waals surface area contributed by atoms with Crippen LogP contribution in [0.4, 0.5) is 0 Å². The number of hydrogen-bond acceptors (Lipinski definition) is 9. The van der Waals surface area contributed by atoms with E-state index in [4.69, 9.17) is 23.1 Å². The average molecular weight is 757 g/mol. The molecule has 14 nitrogen and oxygen atoms in total. The minimum Gasteiger partial charge on any atom is -0.507 e. The Morgan fingerprint density at radius 3 is 2.11 bits per heavy atom. The Labute approximate surface area is 316 Å². The predicted octanol–water partition coefficient (Wildman–Crippen LogP) is 3.04. The zero-order valence-corrected chi connectivity index (χ0v) is 30.0. The van der Waals surface area contributed by atoms with Gasteiger partial charge in [-0.3, -0.25) is 19.2 Å². The normalized spacial score (nSPS) is 17.7. The lowest BCUT2D eigenvalue weighted by Gasteiger charge is -2.32. The smallest absolute Gasteiger partial charge is 0.326 e. The Morgan fingerprint density at radius 1 is 0.870 bits per heavy atom. The third-order valence-electron chi connectivity index (χ3n) is 9.18. The number of amides is 4. The van der Waals surface area contributed by atoms with Gasteiger partial charge in [0.05, 0.1) is 0 Å². The number of carbonyl (C=O) groups is 5. The molecule has 0 fully saturated rings. The van der Waals surface area contributed by atoms with Crippen molar-refractivity contribution in [3.63, 3.8) is 0 Å². The largest absolute Gasteiger partial charge is 0.507 e. The number of carboxylic acids is 1. The van der Waals surface area contributed by atoms with Crippen molar-refractivity contribution in [3.05, 3.63) is 107 Å². The molecule has 282 valence electrons. The summed E-state index contributed by atoms with van der Waals surface area (Å²) in [6.45, 7) is 0.342. The predicted molar refractivity (Wildman–Crippen MR) is 201 cm³/mol. The lowest BCUT2D eigenvalue weighted by atomic mass is 9.93. The summed E-state index contributed by atoms with van der Waals surface area (Å²) < 4.78 is 0. The topological polar surface area (TPSA) is 237 Å². The minimum absolute atomic E-state index is 0.0811. The number of carbonyl (C=O) groups excluding carboxylic acids is 4. The van der Waals surface area contributed by atoms with E-state index in [-0.39, 0.29) is 46.6 Å². The molecule has 0 radical (unpaired) electrons. The van der Waals surface area contributed by atoms with Crippen LogP contribution >= 0.6 is 11.6 Å². The summed E-state index contributed by atoms with van der Waals surface area (Å²) in [6.07, 6.45) is -0.755. The molecule has 4 aromatic carbocycles. The number of halogens is 1. The number of hydrogen-bond donors (Lipinski definition) is 8. The van der Waals surface area contributed by atoms with Crippen LogP contribution in [0.5, 0.6) is 11.5 Å². The minimum atomic E-state index is -1.73. The first-order valence-electron chi connectivity index (χ1n) is 17.1. The molecule has 4 amide bonds. The van der Waals surface area contributed by atoms with Crippen molar-refractivity contribution in [2.75, 3.05) is 13.6 Å². The molecule has 0 saturated carbocycles. The van der Waals surface area contributed by atoms with Crippen LogP contribution in [0, 0.1) is 0 Å². The Morgan fingerprint density at radius 2 is 1.48 bits per heavy atom. The molecule has 0 spiro atoms. The lowest BCUT2D eigenvalue weighted by Crippen LogP contribution is -2.58. The summed E-state index contributed by atoms with van der Waals surface area (Å²) in [5, 5.41) is 39.6. The van der Waals surface area contributed by atoms with Crippen LogP contribution in [0.2, 0.25) is 5.02 Å². The summed E-state index contributed by atoms with van der Waals surface area (Å²) in [4.78, 5) is 68.1. The quantitative estimate of drug-likeness (QED) is 0.110. The van der Waals surface area contributed by atoms with Gasteiger partial charge in [-0.2, -0.15) is 0 Å². The molecule has 10 N–H and O–H groups in total. The van der Waals surface area contributed by atoms with E-state index in [1.807, 2.05) is 12.1 Å². The number of rotatable bonds is 10. The molecule has 1 aliphatic rings. The molecule has 4 aromatic rings. The van der Waals surface area contributed by atoms with Gasteiger partial charge < -0.3 is 47.6 Å². The van der Waals surface area contributed by atoms with Crippen LogP contribution in [0.25, 0.3) is 22.3 Å². The van der Waals surface area contributed by atoms with Crippen LogP contribution in [-0.2, 0) is 25.6 Å². The standard InChI is InChI=1S/C39H41ClN6O8/c1-46(38(52)29(4-2-3-17-41)43-35(49)24-8-6-22(7-9-24)23-10-13-26(40)14-11-23)33-25-12-16-32(48)28(20-25)27-18-21(5-15-31(27)47)19-30(39(53)54)44-37(51)34(42)45-36(33)50/h5-16,18,20,29-30,33-34,47-48H,2-4,17,19,41-42H2,1H3,(H,43,49)(H,44,51)(H,45,50)(H,53,54). The Hall–Kier alpha value is -5.96. The van der Waals surface area contributed by atoms with Crippen LogP contribution in [0.3, 0.4) is 0 Å². The number of phenols is 2. The molecule has 4 bridgehead atoms. The van der Waals surface area contributed by atoms with Crippen LogP contribution < -0.4 is 27.4 Å². The Kier molecular flexibility index (Phi) is 12.5. The summed E-state index contributed by atoms with van der Waals surface area (Å²) in [6, 6.07) is 18.2. The van der Waals surface area contributed by atoms with Gasteiger partial charge in [0.2, 0.25) is 11.8 Å². The third-order valence-corrected chi connectivity index (χ3v) is 9.43. The van der Waals surface area contributed by atoms with Crippen molar-refractivity contribution in [2.45, 2.75) is 50.0 Å².